The first-order valence-electron chi connectivity index (χ1n) is 7.29. The lowest BCUT2D eigenvalue weighted by Gasteiger charge is -2.23. The predicted octanol–water partition coefficient (Wildman–Crippen LogP) is 2.21. The van der Waals surface area contributed by atoms with E-state index in [0.29, 0.717) is 17.2 Å². The zero-order valence-electron chi connectivity index (χ0n) is 13.2. The van der Waals surface area contributed by atoms with Gasteiger partial charge in [0, 0.05) is 19.2 Å². The number of carbonyl (C=O) groups excluding carboxylic acids is 1. The molecule has 5 nitrogen and oxygen atoms in total. The van der Waals surface area contributed by atoms with E-state index in [1.165, 1.54) is 0 Å². The van der Waals surface area contributed by atoms with Crippen molar-refractivity contribution in [3.63, 3.8) is 0 Å². The van der Waals surface area contributed by atoms with Crippen LogP contribution in [0.25, 0.3) is 0 Å². The van der Waals surface area contributed by atoms with Crippen LogP contribution in [0.5, 0.6) is 0 Å². The van der Waals surface area contributed by atoms with Crippen molar-refractivity contribution >= 4 is 40.6 Å². The average molecular weight is 358 g/mol. The predicted molar refractivity (Wildman–Crippen MR) is 103 cm³/mol. The van der Waals surface area contributed by atoms with Crippen molar-refractivity contribution in [3.8, 4) is 0 Å². The molecule has 1 amide bonds. The molecule has 0 saturated carbocycles. The Labute approximate surface area is 152 Å². The van der Waals surface area contributed by atoms with Gasteiger partial charge >= 0.3 is 0 Å². The Morgan fingerprint density at radius 1 is 1.00 bits per heavy atom. The lowest BCUT2D eigenvalue weighted by molar-refractivity contribution is 0.0975. The molecule has 0 spiro atoms. The van der Waals surface area contributed by atoms with E-state index in [1.807, 2.05) is 36.4 Å². The third-order valence-corrected chi connectivity index (χ3v) is 3.74. The van der Waals surface area contributed by atoms with Gasteiger partial charge in [-0.05, 0) is 42.1 Å². The smallest absolute Gasteiger partial charge is 0.257 e. The molecule has 2 aromatic rings. The highest BCUT2D eigenvalue weighted by atomic mass is 32.1. The quantitative estimate of drug-likeness (QED) is 0.578. The Kier molecular flexibility index (Phi) is 6.65. The Morgan fingerprint density at radius 3 is 2.21 bits per heavy atom. The zero-order chi connectivity index (χ0) is 17.4. The molecule has 2 rings (SSSR count). The Morgan fingerprint density at radius 2 is 1.58 bits per heavy atom. The molecule has 24 heavy (non-hydrogen) atoms. The fraction of sp³-hybridized carbons (Fsp3) is 0.118. The van der Waals surface area contributed by atoms with E-state index in [2.05, 4.69) is 16.1 Å². The van der Waals surface area contributed by atoms with Crippen LogP contribution in [0.4, 0.5) is 0 Å². The van der Waals surface area contributed by atoms with E-state index < -0.39 is 0 Å². The van der Waals surface area contributed by atoms with Crippen molar-refractivity contribution in [2.45, 2.75) is 6.54 Å². The fourth-order valence-corrected chi connectivity index (χ4v) is 2.24. The molecule has 0 aliphatic heterocycles. The molecular weight excluding hydrogens is 340 g/mol. The molecule has 0 aliphatic rings. The SMILES string of the molecule is CN(NC(=S)NC(=O)c1ccccc1)C(=S)NCc1ccccc1. The van der Waals surface area contributed by atoms with Crippen LogP contribution in [-0.4, -0.2) is 28.2 Å². The summed E-state index contributed by atoms with van der Waals surface area (Å²) in [6.07, 6.45) is 0. The number of rotatable bonds is 3. The minimum atomic E-state index is -0.273. The van der Waals surface area contributed by atoms with E-state index in [0.717, 1.165) is 5.56 Å². The topological polar surface area (TPSA) is 56.4 Å². The summed E-state index contributed by atoms with van der Waals surface area (Å²) in [5.41, 5.74) is 4.50. The van der Waals surface area contributed by atoms with Gasteiger partial charge in [-0.2, -0.15) is 0 Å². The van der Waals surface area contributed by atoms with E-state index in [-0.39, 0.29) is 11.0 Å². The van der Waals surface area contributed by atoms with Crippen LogP contribution in [-0.2, 0) is 6.54 Å². The lowest BCUT2D eigenvalue weighted by Crippen LogP contribution is -2.52. The van der Waals surface area contributed by atoms with E-state index in [9.17, 15) is 4.79 Å². The molecule has 0 bridgehead atoms. The van der Waals surface area contributed by atoms with Crippen LogP contribution in [0.3, 0.4) is 0 Å². The molecule has 0 radical (unpaired) electrons. The summed E-state index contributed by atoms with van der Waals surface area (Å²) < 4.78 is 0. The molecule has 3 N–H and O–H groups in total. The molecule has 0 aromatic heterocycles. The molecule has 2 aromatic carbocycles. The van der Waals surface area contributed by atoms with Crippen molar-refractivity contribution in [2.75, 3.05) is 7.05 Å². The second kappa shape index (κ2) is 8.95. The van der Waals surface area contributed by atoms with Gasteiger partial charge in [-0.25, -0.2) is 0 Å². The maximum absolute atomic E-state index is 12.0. The van der Waals surface area contributed by atoms with E-state index >= 15 is 0 Å². The van der Waals surface area contributed by atoms with Crippen molar-refractivity contribution in [1.82, 2.24) is 21.1 Å². The number of hydrogen-bond donors (Lipinski definition) is 3. The van der Waals surface area contributed by atoms with E-state index in [1.54, 1.807) is 36.3 Å². The van der Waals surface area contributed by atoms with Crippen molar-refractivity contribution in [3.05, 3.63) is 71.8 Å². The summed E-state index contributed by atoms with van der Waals surface area (Å²) >= 11 is 10.4. The zero-order valence-corrected chi connectivity index (χ0v) is 14.8. The summed E-state index contributed by atoms with van der Waals surface area (Å²) in [5, 5.41) is 7.91. The number of benzene rings is 2. The van der Waals surface area contributed by atoms with Gasteiger partial charge in [0.2, 0.25) is 0 Å². The first-order valence-corrected chi connectivity index (χ1v) is 8.10. The number of amides is 1. The molecular formula is C17H18N4OS2. The van der Waals surface area contributed by atoms with Gasteiger partial charge in [0.15, 0.2) is 10.2 Å². The summed E-state index contributed by atoms with van der Waals surface area (Å²) in [4.78, 5) is 12.0. The van der Waals surface area contributed by atoms with Crippen LogP contribution in [0.1, 0.15) is 15.9 Å². The van der Waals surface area contributed by atoms with Gasteiger partial charge in [0.1, 0.15) is 0 Å². The third kappa shape index (κ3) is 5.60. The minimum absolute atomic E-state index is 0.176. The van der Waals surface area contributed by atoms with Gasteiger partial charge < -0.3 is 5.32 Å². The highest BCUT2D eigenvalue weighted by Gasteiger charge is 2.10. The van der Waals surface area contributed by atoms with Crippen LogP contribution in [0, 0.1) is 0 Å². The standard InChI is InChI=1S/C17H18N4OS2/c1-21(17(24)18-12-13-8-4-2-5-9-13)20-16(23)19-15(22)14-10-6-3-7-11-14/h2-11H,12H2,1H3,(H,18,24)(H2,19,20,22,23). The second-order valence-corrected chi connectivity index (χ2v) is 5.76. The Balaban J connectivity index is 1.78. The maximum atomic E-state index is 12.0. The van der Waals surface area contributed by atoms with Crippen LogP contribution in [0.15, 0.2) is 60.7 Å². The number of hydrogen-bond acceptors (Lipinski definition) is 3. The number of thiocarbonyl (C=S) groups is 2. The second-order valence-electron chi connectivity index (χ2n) is 4.96. The molecule has 0 fully saturated rings. The molecule has 124 valence electrons. The molecule has 0 atom stereocenters. The lowest BCUT2D eigenvalue weighted by atomic mass is 10.2. The highest BCUT2D eigenvalue weighted by molar-refractivity contribution is 7.80. The van der Waals surface area contributed by atoms with Gasteiger partial charge in [0.05, 0.1) is 0 Å². The highest BCUT2D eigenvalue weighted by Crippen LogP contribution is 1.99. The van der Waals surface area contributed by atoms with Crippen molar-refractivity contribution in [2.24, 2.45) is 0 Å². The molecule has 7 heteroatoms. The van der Waals surface area contributed by atoms with Gasteiger partial charge in [-0.3, -0.25) is 20.5 Å². The maximum Gasteiger partial charge on any atom is 0.257 e. The number of nitrogens with zero attached hydrogens (tertiary/aromatic N) is 1. The molecule has 0 saturated heterocycles. The average Bonchev–Trinajstić information content (AvgIpc) is 2.61. The van der Waals surface area contributed by atoms with Crippen molar-refractivity contribution < 1.29 is 4.79 Å². The van der Waals surface area contributed by atoms with Crippen LogP contribution >= 0.6 is 24.4 Å². The third-order valence-electron chi connectivity index (χ3n) is 3.12. The summed E-state index contributed by atoms with van der Waals surface area (Å²) in [6, 6.07) is 18.8. The molecule has 0 unspecified atom stereocenters. The van der Waals surface area contributed by atoms with Gasteiger partial charge in [-0.1, -0.05) is 48.5 Å². The van der Waals surface area contributed by atoms with Gasteiger partial charge in [0.25, 0.3) is 5.91 Å². The first-order chi connectivity index (χ1) is 11.6. The van der Waals surface area contributed by atoms with Crippen molar-refractivity contribution in [1.29, 1.82) is 0 Å². The molecule has 0 heterocycles. The normalized spacial score (nSPS) is 9.71. The summed E-state index contributed by atoms with van der Waals surface area (Å²) in [5.74, 6) is -0.273. The summed E-state index contributed by atoms with van der Waals surface area (Å²) in [6.45, 7) is 0.606. The molecule has 0 aliphatic carbocycles. The number of carbonyl (C=O) groups is 1. The Hall–Kier alpha value is -2.51. The minimum Gasteiger partial charge on any atom is -0.357 e. The van der Waals surface area contributed by atoms with E-state index in [4.69, 9.17) is 24.4 Å². The van der Waals surface area contributed by atoms with Crippen LogP contribution < -0.4 is 16.1 Å². The Bertz CT molecular complexity index is 707. The number of hydrazine groups is 1. The fourth-order valence-electron chi connectivity index (χ4n) is 1.89. The van der Waals surface area contributed by atoms with Gasteiger partial charge in [-0.15, -0.1) is 0 Å². The van der Waals surface area contributed by atoms with Crippen LogP contribution in [0.2, 0.25) is 0 Å². The monoisotopic (exact) mass is 358 g/mol. The summed E-state index contributed by atoms with van der Waals surface area (Å²) in [7, 11) is 1.72. The largest absolute Gasteiger partial charge is 0.357 e. The number of nitrogens with one attached hydrogen (secondary N) is 3. The first kappa shape index (κ1) is 17.8.